The average Bonchev–Trinajstić information content (AvgIpc) is 3.76. The van der Waals surface area contributed by atoms with Gasteiger partial charge in [-0.25, -0.2) is 0 Å². The highest BCUT2D eigenvalue weighted by atomic mass is 15.0. The van der Waals surface area contributed by atoms with Crippen molar-refractivity contribution >= 4 is 86.7 Å². The molecule has 0 radical (unpaired) electrons. The summed E-state index contributed by atoms with van der Waals surface area (Å²) in [5.74, 6) is 0. The first-order chi connectivity index (χ1) is 26.8. The van der Waals surface area contributed by atoms with Crippen LogP contribution in [-0.2, 0) is 0 Å². The molecule has 12 aromatic rings. The molecular formula is C52H32N2. The Balaban J connectivity index is 1.20. The third kappa shape index (κ3) is 4.05. The number of hydrogen-bond acceptors (Lipinski definition) is 0. The Kier molecular flexibility index (Phi) is 6.09. The van der Waals surface area contributed by atoms with Crippen molar-refractivity contribution in [3.05, 3.63) is 194 Å². The third-order valence-corrected chi connectivity index (χ3v) is 11.7. The molecule has 0 bridgehead atoms. The molecule has 0 aliphatic rings. The van der Waals surface area contributed by atoms with Gasteiger partial charge in [-0.3, -0.25) is 0 Å². The van der Waals surface area contributed by atoms with E-state index in [-0.39, 0.29) is 0 Å². The number of rotatable bonds is 3. The van der Waals surface area contributed by atoms with E-state index in [1.165, 1.54) is 109 Å². The molecule has 0 N–H and O–H groups in total. The van der Waals surface area contributed by atoms with Gasteiger partial charge in [-0.1, -0.05) is 164 Å². The van der Waals surface area contributed by atoms with E-state index >= 15 is 0 Å². The number of benzene rings is 10. The summed E-state index contributed by atoms with van der Waals surface area (Å²) in [5.41, 5.74) is 9.63. The zero-order valence-corrected chi connectivity index (χ0v) is 29.4. The number of fused-ring (bicyclic) bond motifs is 12. The number of aromatic nitrogens is 2. The van der Waals surface area contributed by atoms with E-state index in [1.807, 2.05) is 0 Å². The van der Waals surface area contributed by atoms with Gasteiger partial charge in [0.15, 0.2) is 0 Å². The Hall–Kier alpha value is -7.16. The molecule has 2 aromatic heterocycles. The van der Waals surface area contributed by atoms with Gasteiger partial charge in [0.1, 0.15) is 0 Å². The van der Waals surface area contributed by atoms with Gasteiger partial charge in [-0.15, -0.1) is 0 Å². The Bertz CT molecular complexity index is 3510. The van der Waals surface area contributed by atoms with Crippen molar-refractivity contribution in [1.82, 2.24) is 9.13 Å². The second-order valence-electron chi connectivity index (χ2n) is 14.5. The van der Waals surface area contributed by atoms with Crippen LogP contribution < -0.4 is 0 Å². The van der Waals surface area contributed by atoms with Crippen molar-refractivity contribution in [2.24, 2.45) is 0 Å². The van der Waals surface area contributed by atoms with E-state index in [1.54, 1.807) is 0 Å². The summed E-state index contributed by atoms with van der Waals surface area (Å²) in [4.78, 5) is 0. The lowest BCUT2D eigenvalue weighted by molar-refractivity contribution is 1.20. The van der Waals surface area contributed by atoms with Crippen LogP contribution in [0.1, 0.15) is 0 Å². The fourth-order valence-electron chi connectivity index (χ4n) is 9.34. The largest absolute Gasteiger partial charge is 0.309 e. The van der Waals surface area contributed by atoms with E-state index in [0.717, 1.165) is 0 Å². The summed E-state index contributed by atoms with van der Waals surface area (Å²) in [6.07, 6.45) is 0. The molecule has 2 heterocycles. The topological polar surface area (TPSA) is 9.86 Å². The van der Waals surface area contributed by atoms with E-state index in [2.05, 4.69) is 203 Å². The molecule has 2 nitrogen and oxygen atoms in total. The predicted octanol–water partition coefficient (Wildman–Crippen LogP) is 14.2. The number of nitrogens with zero attached hydrogens (tertiary/aromatic N) is 2. The Morgan fingerprint density at radius 2 is 0.704 bits per heavy atom. The van der Waals surface area contributed by atoms with Gasteiger partial charge in [0.2, 0.25) is 0 Å². The van der Waals surface area contributed by atoms with Gasteiger partial charge < -0.3 is 9.13 Å². The third-order valence-electron chi connectivity index (χ3n) is 11.7. The van der Waals surface area contributed by atoms with Crippen LogP contribution in [0.3, 0.4) is 0 Å². The predicted molar refractivity (Wildman–Crippen MR) is 231 cm³/mol. The smallest absolute Gasteiger partial charge is 0.0619 e. The van der Waals surface area contributed by atoms with Crippen molar-refractivity contribution in [3.8, 4) is 22.5 Å². The summed E-state index contributed by atoms with van der Waals surface area (Å²) in [6, 6.07) is 71.6. The number of para-hydroxylation sites is 3. The molecule has 0 saturated heterocycles. The summed E-state index contributed by atoms with van der Waals surface area (Å²) < 4.78 is 5.01. The maximum Gasteiger partial charge on any atom is 0.0619 e. The zero-order chi connectivity index (χ0) is 35.3. The van der Waals surface area contributed by atoms with Crippen LogP contribution in [0.2, 0.25) is 0 Å². The molecule has 0 unspecified atom stereocenters. The molecule has 250 valence electrons. The van der Waals surface area contributed by atoms with Crippen molar-refractivity contribution in [2.75, 3.05) is 0 Å². The lowest BCUT2D eigenvalue weighted by atomic mass is 9.98. The molecular weight excluding hydrogens is 653 g/mol. The molecule has 0 saturated carbocycles. The van der Waals surface area contributed by atoms with Gasteiger partial charge in [-0.2, -0.15) is 0 Å². The van der Waals surface area contributed by atoms with Crippen LogP contribution in [0.5, 0.6) is 0 Å². The molecule has 0 aliphatic heterocycles. The summed E-state index contributed by atoms with van der Waals surface area (Å²) in [6.45, 7) is 0. The SMILES string of the molecule is c1ccc2c(c1)cc(-n1c3ccccc3c3ccc(-c4cccc5c6ccccc6n(-c6cc7ccccc7c7ccccc67)c45)cc31)c1ccccc12. The fourth-order valence-corrected chi connectivity index (χ4v) is 9.34. The van der Waals surface area contributed by atoms with Crippen LogP contribution in [0.25, 0.3) is 109 Å². The molecule has 0 aliphatic carbocycles. The molecule has 0 spiro atoms. The fraction of sp³-hybridized carbons (Fsp3) is 0. The van der Waals surface area contributed by atoms with E-state index < -0.39 is 0 Å². The van der Waals surface area contributed by atoms with Crippen molar-refractivity contribution < 1.29 is 0 Å². The monoisotopic (exact) mass is 684 g/mol. The van der Waals surface area contributed by atoms with E-state index in [0.29, 0.717) is 0 Å². The first-order valence-corrected chi connectivity index (χ1v) is 18.7. The Labute approximate surface area is 311 Å². The lowest BCUT2D eigenvalue weighted by Crippen LogP contribution is -1.98. The molecule has 54 heavy (non-hydrogen) atoms. The molecule has 0 atom stereocenters. The average molecular weight is 685 g/mol. The minimum Gasteiger partial charge on any atom is -0.309 e. The van der Waals surface area contributed by atoms with E-state index in [9.17, 15) is 0 Å². The van der Waals surface area contributed by atoms with Gasteiger partial charge in [0, 0.05) is 37.9 Å². The summed E-state index contributed by atoms with van der Waals surface area (Å²) in [5, 5.41) is 15.1. The zero-order valence-electron chi connectivity index (χ0n) is 29.4. The Morgan fingerprint density at radius 3 is 1.33 bits per heavy atom. The normalized spacial score (nSPS) is 12.1. The highest BCUT2D eigenvalue weighted by Gasteiger charge is 2.21. The maximum atomic E-state index is 2.52. The quantitative estimate of drug-likeness (QED) is 0.164. The first-order valence-electron chi connectivity index (χ1n) is 18.7. The van der Waals surface area contributed by atoms with Crippen LogP contribution in [0, 0.1) is 0 Å². The van der Waals surface area contributed by atoms with Gasteiger partial charge >= 0.3 is 0 Å². The van der Waals surface area contributed by atoms with Crippen LogP contribution in [-0.4, -0.2) is 9.13 Å². The van der Waals surface area contributed by atoms with Crippen molar-refractivity contribution in [3.63, 3.8) is 0 Å². The minimum atomic E-state index is 1.19. The molecule has 10 aromatic carbocycles. The first kappa shape index (κ1) is 29.4. The van der Waals surface area contributed by atoms with Gasteiger partial charge in [-0.05, 0) is 68.2 Å². The van der Waals surface area contributed by atoms with Crippen LogP contribution in [0.4, 0.5) is 0 Å². The standard InChI is InChI=1S/C52H32N2/c1-3-16-36-33(14-1)30-49(41-20-7-5-18-39(36)41)53-47-26-11-9-22-43(47)45-29-28-35(32-50(45)53)38-24-13-25-46-44-23-10-12-27-48(44)54(52(38)46)51-31-34-15-2-4-17-37(34)40-19-6-8-21-42(40)51/h1-32H. The van der Waals surface area contributed by atoms with Gasteiger partial charge in [0.25, 0.3) is 0 Å². The molecule has 0 fully saturated rings. The van der Waals surface area contributed by atoms with E-state index in [4.69, 9.17) is 0 Å². The molecule has 2 heteroatoms. The summed E-state index contributed by atoms with van der Waals surface area (Å²) in [7, 11) is 0. The molecule has 0 amide bonds. The maximum absolute atomic E-state index is 2.52. The van der Waals surface area contributed by atoms with Crippen LogP contribution >= 0.6 is 0 Å². The second kappa shape index (κ2) is 11.2. The highest BCUT2D eigenvalue weighted by molar-refractivity contribution is 6.19. The Morgan fingerprint density at radius 1 is 0.259 bits per heavy atom. The summed E-state index contributed by atoms with van der Waals surface area (Å²) >= 11 is 0. The van der Waals surface area contributed by atoms with Gasteiger partial charge in [0.05, 0.1) is 33.4 Å². The second-order valence-corrected chi connectivity index (χ2v) is 14.5. The number of hydrogen-bond donors (Lipinski definition) is 0. The van der Waals surface area contributed by atoms with Crippen molar-refractivity contribution in [1.29, 1.82) is 0 Å². The van der Waals surface area contributed by atoms with Crippen LogP contribution in [0.15, 0.2) is 194 Å². The minimum absolute atomic E-state index is 1.19. The highest BCUT2D eigenvalue weighted by Crippen LogP contribution is 2.43. The molecule has 12 rings (SSSR count). The lowest BCUT2D eigenvalue weighted by Gasteiger charge is -2.17. The van der Waals surface area contributed by atoms with Crippen molar-refractivity contribution in [2.45, 2.75) is 0 Å².